The minimum absolute atomic E-state index is 0.349. The van der Waals surface area contributed by atoms with E-state index < -0.39 is 6.17 Å². The number of guanidine groups is 1. The number of hydrogen-bond acceptors (Lipinski definition) is 6. The number of nitrogens with two attached hydrogens (primary N) is 2. The van der Waals surface area contributed by atoms with E-state index in [0.29, 0.717) is 18.3 Å². The van der Waals surface area contributed by atoms with E-state index in [2.05, 4.69) is 65.2 Å². The van der Waals surface area contributed by atoms with E-state index in [4.69, 9.17) is 16.5 Å². The minimum atomic E-state index is -0.460. The van der Waals surface area contributed by atoms with Crippen molar-refractivity contribution in [3.05, 3.63) is 77.2 Å². The van der Waals surface area contributed by atoms with Crippen molar-refractivity contribution in [3.63, 3.8) is 0 Å². The van der Waals surface area contributed by atoms with E-state index in [1.165, 1.54) is 5.56 Å². The third-order valence-corrected chi connectivity index (χ3v) is 5.66. The molecular weight excluding hydrogens is 374 g/mol. The number of rotatable bonds is 3. The van der Waals surface area contributed by atoms with Crippen LogP contribution >= 0.6 is 0 Å². The van der Waals surface area contributed by atoms with Crippen LogP contribution in [0, 0.1) is 13.8 Å². The van der Waals surface area contributed by atoms with Crippen molar-refractivity contribution < 1.29 is 0 Å². The molecule has 3 heterocycles. The van der Waals surface area contributed by atoms with Crippen LogP contribution in [0.4, 0.5) is 5.82 Å². The van der Waals surface area contributed by atoms with Gasteiger partial charge in [0.05, 0.1) is 23.2 Å². The Labute approximate surface area is 174 Å². The molecule has 0 saturated heterocycles. The zero-order valence-corrected chi connectivity index (χ0v) is 16.9. The molecule has 0 fully saturated rings. The number of aliphatic imine (C=N–C) groups is 1. The molecule has 0 saturated carbocycles. The van der Waals surface area contributed by atoms with Gasteiger partial charge in [-0.05, 0) is 36.6 Å². The Bertz CT molecular complexity index is 1290. The first-order valence-corrected chi connectivity index (χ1v) is 9.88. The first-order chi connectivity index (χ1) is 14.5. The van der Waals surface area contributed by atoms with Crippen molar-refractivity contribution in [3.8, 4) is 11.3 Å². The highest BCUT2D eigenvalue weighted by molar-refractivity contribution is 5.87. The Morgan fingerprint density at radius 1 is 1.07 bits per heavy atom. The van der Waals surface area contributed by atoms with Crippen molar-refractivity contribution in [2.45, 2.75) is 26.6 Å². The number of aromatic amines is 1. The summed E-state index contributed by atoms with van der Waals surface area (Å²) in [5.74, 6) is 0.893. The number of pyridine rings is 1. The Morgan fingerprint density at radius 3 is 2.70 bits per heavy atom. The summed E-state index contributed by atoms with van der Waals surface area (Å²) in [6.45, 7) is 4.67. The van der Waals surface area contributed by atoms with Gasteiger partial charge >= 0.3 is 0 Å². The van der Waals surface area contributed by atoms with Crippen LogP contribution in [0.2, 0.25) is 0 Å². The van der Waals surface area contributed by atoms with Crippen LogP contribution in [0.3, 0.4) is 0 Å². The van der Waals surface area contributed by atoms with Crippen LogP contribution in [0.15, 0.2) is 59.9 Å². The van der Waals surface area contributed by atoms with Gasteiger partial charge in [0.25, 0.3) is 0 Å². The molecule has 30 heavy (non-hydrogen) atoms. The van der Waals surface area contributed by atoms with Gasteiger partial charge in [0.1, 0.15) is 6.17 Å². The topological polar surface area (TPSA) is 109 Å². The number of nitrogens with zero attached hydrogens (tertiary/aromatic N) is 4. The summed E-state index contributed by atoms with van der Waals surface area (Å²) in [5, 5.41) is 1.09. The zero-order valence-electron chi connectivity index (χ0n) is 16.9. The molecule has 5 N–H and O–H groups in total. The predicted molar refractivity (Wildman–Crippen MR) is 119 cm³/mol. The van der Waals surface area contributed by atoms with E-state index in [9.17, 15) is 0 Å². The van der Waals surface area contributed by atoms with Gasteiger partial charge in [0.15, 0.2) is 11.8 Å². The lowest BCUT2D eigenvalue weighted by molar-refractivity contribution is 0.302. The van der Waals surface area contributed by atoms with E-state index in [1.54, 1.807) is 6.33 Å². The molecule has 1 unspecified atom stereocenters. The highest BCUT2D eigenvalue weighted by Crippen LogP contribution is 2.33. The molecule has 7 nitrogen and oxygen atoms in total. The van der Waals surface area contributed by atoms with Gasteiger partial charge in [-0.2, -0.15) is 4.99 Å². The van der Waals surface area contributed by atoms with Crippen molar-refractivity contribution >= 4 is 22.7 Å². The zero-order chi connectivity index (χ0) is 20.8. The van der Waals surface area contributed by atoms with Crippen LogP contribution < -0.4 is 11.5 Å². The molecule has 0 spiro atoms. The van der Waals surface area contributed by atoms with Crippen LogP contribution in [0.25, 0.3) is 22.2 Å². The summed E-state index contributed by atoms with van der Waals surface area (Å²) in [6.07, 6.45) is 1.13. The number of fused-ring (bicyclic) bond motifs is 2. The molecule has 1 aliphatic rings. The third kappa shape index (κ3) is 2.91. The monoisotopic (exact) mass is 397 g/mol. The normalized spacial score (nSPS) is 15.9. The molecule has 7 heteroatoms. The molecule has 1 atom stereocenters. The van der Waals surface area contributed by atoms with Gasteiger partial charge in [0, 0.05) is 17.5 Å². The Hall–Kier alpha value is -3.71. The van der Waals surface area contributed by atoms with Gasteiger partial charge in [-0.25, -0.2) is 9.97 Å². The quantitative estimate of drug-likeness (QED) is 0.489. The first-order valence-electron chi connectivity index (χ1n) is 9.88. The lowest BCUT2D eigenvalue weighted by Crippen LogP contribution is -2.45. The molecule has 1 aliphatic heterocycles. The average molecular weight is 397 g/mol. The van der Waals surface area contributed by atoms with Crippen molar-refractivity contribution in [2.24, 2.45) is 16.5 Å². The minimum Gasteiger partial charge on any atom is -0.369 e. The van der Waals surface area contributed by atoms with Gasteiger partial charge in [-0.3, -0.25) is 0 Å². The van der Waals surface area contributed by atoms with Crippen LogP contribution in [0.1, 0.15) is 28.6 Å². The van der Waals surface area contributed by atoms with Crippen LogP contribution in [0.5, 0.6) is 0 Å². The fourth-order valence-electron chi connectivity index (χ4n) is 4.02. The Morgan fingerprint density at radius 2 is 1.87 bits per heavy atom. The van der Waals surface area contributed by atoms with Crippen molar-refractivity contribution in [1.29, 1.82) is 0 Å². The molecule has 0 radical (unpaired) electrons. The van der Waals surface area contributed by atoms with Crippen molar-refractivity contribution in [2.75, 3.05) is 0 Å². The fourth-order valence-corrected chi connectivity index (χ4v) is 4.02. The number of aromatic nitrogens is 3. The number of hydrogen-bond donors (Lipinski definition) is 3. The molecule has 5 rings (SSSR count). The number of H-pyrrole nitrogens is 1. The third-order valence-electron chi connectivity index (χ3n) is 5.66. The van der Waals surface area contributed by atoms with Gasteiger partial charge in [0.2, 0.25) is 0 Å². The van der Waals surface area contributed by atoms with Crippen LogP contribution in [-0.4, -0.2) is 25.8 Å². The van der Waals surface area contributed by atoms with E-state index in [-0.39, 0.29) is 0 Å². The van der Waals surface area contributed by atoms with E-state index >= 15 is 0 Å². The molecule has 0 bridgehead atoms. The number of para-hydroxylation sites is 1. The summed E-state index contributed by atoms with van der Waals surface area (Å²) in [4.78, 5) is 18.6. The molecular formula is C23H23N7. The van der Waals surface area contributed by atoms with E-state index in [0.717, 1.165) is 39.0 Å². The molecule has 2 aromatic heterocycles. The highest BCUT2D eigenvalue weighted by atomic mass is 15.4. The Kier molecular flexibility index (Phi) is 4.25. The first kappa shape index (κ1) is 18.3. The second-order valence-electron chi connectivity index (χ2n) is 7.64. The molecule has 150 valence electrons. The molecule has 0 aliphatic carbocycles. The summed E-state index contributed by atoms with van der Waals surface area (Å²) >= 11 is 0. The summed E-state index contributed by atoms with van der Waals surface area (Å²) in [7, 11) is 0. The number of aryl methyl sites for hydroxylation is 2. The summed E-state index contributed by atoms with van der Waals surface area (Å²) in [5.41, 5.74) is 19.9. The second kappa shape index (κ2) is 6.96. The molecule has 2 aromatic carbocycles. The largest absolute Gasteiger partial charge is 0.369 e. The second-order valence-corrected chi connectivity index (χ2v) is 7.64. The lowest BCUT2D eigenvalue weighted by Gasteiger charge is -2.32. The number of benzene rings is 2. The van der Waals surface area contributed by atoms with Crippen molar-refractivity contribution in [1.82, 2.24) is 19.9 Å². The highest BCUT2D eigenvalue weighted by Gasteiger charge is 2.29. The summed E-state index contributed by atoms with van der Waals surface area (Å²) in [6, 6.07) is 16.7. The molecule has 4 aromatic rings. The Balaban J connectivity index is 1.67. The molecule has 0 amide bonds. The fraction of sp³-hybridized carbons (Fsp3) is 0.174. The maximum Gasteiger partial charge on any atom is 0.199 e. The van der Waals surface area contributed by atoms with Gasteiger partial charge < -0.3 is 21.4 Å². The van der Waals surface area contributed by atoms with E-state index in [1.807, 2.05) is 17.0 Å². The van der Waals surface area contributed by atoms with Gasteiger partial charge in [-0.1, -0.05) is 42.5 Å². The predicted octanol–water partition coefficient (Wildman–Crippen LogP) is 3.66. The standard InChI is InChI=1S/C23H23N7/c1-13-6-3-4-9-17(13)19-16(10-15-8-5-7-14(2)18(15)28-19)11-30-21(24)20-22(27-12-26-20)29-23(30)25/h3-10,12,21H,11,24H2,1-2H3,(H2,25,29)(H,26,27). The maximum absolute atomic E-state index is 6.50. The number of imidazole rings is 1. The average Bonchev–Trinajstić information content (AvgIpc) is 3.20. The number of nitrogens with one attached hydrogen (secondary N) is 1. The van der Waals surface area contributed by atoms with Crippen LogP contribution in [-0.2, 0) is 6.54 Å². The smallest absolute Gasteiger partial charge is 0.199 e. The maximum atomic E-state index is 6.50. The van der Waals surface area contributed by atoms with Gasteiger partial charge in [-0.15, -0.1) is 0 Å². The summed E-state index contributed by atoms with van der Waals surface area (Å²) < 4.78 is 0. The lowest BCUT2D eigenvalue weighted by atomic mass is 9.98. The SMILES string of the molecule is Cc1ccccc1-c1nc2c(C)cccc2cc1CN1C(N)=Nc2nc[nH]c2C1N.